The number of nitrogens with one attached hydrogen (secondary N) is 1. The molecule has 0 spiro atoms. The van der Waals surface area contributed by atoms with Crippen molar-refractivity contribution in [2.75, 3.05) is 19.6 Å². The molecule has 1 saturated heterocycles. The number of benzene rings is 1. The van der Waals surface area contributed by atoms with Crippen molar-refractivity contribution < 1.29 is 9.21 Å². The number of amides is 1. The smallest absolute Gasteiger partial charge is 0.289 e. The summed E-state index contributed by atoms with van der Waals surface area (Å²) in [4.78, 5) is 14.4. The predicted molar refractivity (Wildman–Crippen MR) is 114 cm³/mol. The summed E-state index contributed by atoms with van der Waals surface area (Å²) < 4.78 is 5.78. The number of rotatable bonds is 5. The Labute approximate surface area is 174 Å². The van der Waals surface area contributed by atoms with Crippen molar-refractivity contribution >= 4 is 17.7 Å². The molecule has 7 heteroatoms. The first kappa shape index (κ1) is 19.7. The zero-order valence-electron chi connectivity index (χ0n) is 16.6. The normalized spacial score (nSPS) is 16.8. The van der Waals surface area contributed by atoms with Crippen LogP contribution in [0.3, 0.4) is 0 Å². The van der Waals surface area contributed by atoms with Crippen LogP contribution in [0.15, 0.2) is 58.0 Å². The number of furan rings is 1. The SMILES string of the molecule is Cc1ccc(-c2ccc(SCc3ccc(C(=O)N4CCNC(C)C4)o3)nn2)cc1. The molecule has 3 heterocycles. The second-order valence-electron chi connectivity index (χ2n) is 7.28. The first-order valence-corrected chi connectivity index (χ1v) is 10.7. The van der Waals surface area contributed by atoms with Gasteiger partial charge in [-0.1, -0.05) is 41.6 Å². The number of carbonyl (C=O) groups excluding carboxylic acids is 1. The van der Waals surface area contributed by atoms with E-state index in [9.17, 15) is 4.79 Å². The molecule has 150 valence electrons. The van der Waals surface area contributed by atoms with Gasteiger partial charge < -0.3 is 14.6 Å². The fraction of sp³-hybridized carbons (Fsp3) is 0.318. The zero-order chi connectivity index (χ0) is 20.2. The lowest BCUT2D eigenvalue weighted by Gasteiger charge is -2.31. The molecule has 29 heavy (non-hydrogen) atoms. The van der Waals surface area contributed by atoms with Gasteiger partial charge in [0, 0.05) is 31.2 Å². The monoisotopic (exact) mass is 408 g/mol. The Morgan fingerprint density at radius 1 is 1.17 bits per heavy atom. The molecule has 1 amide bonds. The largest absolute Gasteiger partial charge is 0.455 e. The highest BCUT2D eigenvalue weighted by atomic mass is 32.2. The van der Waals surface area contributed by atoms with Gasteiger partial charge in [-0.2, -0.15) is 0 Å². The minimum Gasteiger partial charge on any atom is -0.455 e. The molecule has 3 aromatic rings. The van der Waals surface area contributed by atoms with E-state index in [1.165, 1.54) is 17.3 Å². The van der Waals surface area contributed by atoms with Gasteiger partial charge in [0.2, 0.25) is 0 Å². The van der Waals surface area contributed by atoms with Gasteiger partial charge in [0.05, 0.1) is 11.4 Å². The molecule has 0 aliphatic carbocycles. The van der Waals surface area contributed by atoms with Crippen molar-refractivity contribution in [3.63, 3.8) is 0 Å². The predicted octanol–water partition coefficient (Wildman–Crippen LogP) is 3.77. The van der Waals surface area contributed by atoms with Gasteiger partial charge in [0.25, 0.3) is 5.91 Å². The number of thioether (sulfide) groups is 1. The number of piperazine rings is 1. The fourth-order valence-electron chi connectivity index (χ4n) is 3.26. The minimum absolute atomic E-state index is 0.0446. The summed E-state index contributed by atoms with van der Waals surface area (Å²) in [5.74, 6) is 1.71. The highest BCUT2D eigenvalue weighted by molar-refractivity contribution is 7.98. The topological polar surface area (TPSA) is 71.3 Å². The third kappa shape index (κ3) is 4.86. The van der Waals surface area contributed by atoms with E-state index in [0.717, 1.165) is 28.6 Å². The van der Waals surface area contributed by atoms with Gasteiger partial charge in [-0.15, -0.1) is 10.2 Å². The highest BCUT2D eigenvalue weighted by Crippen LogP contribution is 2.24. The second kappa shape index (κ2) is 8.80. The van der Waals surface area contributed by atoms with Crippen LogP contribution < -0.4 is 5.32 Å². The van der Waals surface area contributed by atoms with Crippen LogP contribution in [0, 0.1) is 6.92 Å². The third-order valence-electron chi connectivity index (χ3n) is 4.88. The Morgan fingerprint density at radius 3 is 2.72 bits per heavy atom. The zero-order valence-corrected chi connectivity index (χ0v) is 17.4. The summed E-state index contributed by atoms with van der Waals surface area (Å²) in [6.45, 7) is 6.36. The van der Waals surface area contributed by atoms with Gasteiger partial charge >= 0.3 is 0 Å². The van der Waals surface area contributed by atoms with Crippen molar-refractivity contribution in [3.8, 4) is 11.3 Å². The van der Waals surface area contributed by atoms with Crippen LogP contribution in [-0.4, -0.2) is 46.7 Å². The van der Waals surface area contributed by atoms with E-state index in [1.807, 2.05) is 35.2 Å². The van der Waals surface area contributed by atoms with Gasteiger partial charge in [-0.3, -0.25) is 4.79 Å². The van der Waals surface area contributed by atoms with Crippen molar-refractivity contribution in [2.45, 2.75) is 30.7 Å². The standard InChI is InChI=1S/C22H24N4O2S/c1-15-3-5-17(6-4-15)19-8-10-21(25-24-19)29-14-18-7-9-20(28-18)22(27)26-12-11-23-16(2)13-26/h3-10,16,23H,11-14H2,1-2H3. The maximum atomic E-state index is 12.6. The van der Waals surface area contributed by atoms with Crippen LogP contribution in [0.5, 0.6) is 0 Å². The summed E-state index contributed by atoms with van der Waals surface area (Å²) in [6.07, 6.45) is 0. The second-order valence-corrected chi connectivity index (χ2v) is 8.28. The summed E-state index contributed by atoms with van der Waals surface area (Å²) in [5.41, 5.74) is 3.12. The van der Waals surface area contributed by atoms with Crippen LogP contribution in [0.25, 0.3) is 11.3 Å². The Bertz CT molecular complexity index is 969. The molecule has 1 aliphatic rings. The molecule has 1 atom stereocenters. The number of aryl methyl sites for hydroxylation is 1. The van der Waals surface area contributed by atoms with Crippen molar-refractivity contribution in [1.29, 1.82) is 0 Å². The van der Waals surface area contributed by atoms with Crippen LogP contribution in [0.1, 0.15) is 28.8 Å². The molecule has 6 nitrogen and oxygen atoms in total. The molecule has 4 rings (SSSR count). The van der Waals surface area contributed by atoms with Crippen molar-refractivity contribution in [1.82, 2.24) is 20.4 Å². The van der Waals surface area contributed by atoms with Crippen LogP contribution in [0.2, 0.25) is 0 Å². The summed E-state index contributed by atoms with van der Waals surface area (Å²) >= 11 is 1.54. The third-order valence-corrected chi connectivity index (χ3v) is 5.82. The van der Waals surface area contributed by atoms with E-state index < -0.39 is 0 Å². The lowest BCUT2D eigenvalue weighted by atomic mass is 10.1. The lowest BCUT2D eigenvalue weighted by Crippen LogP contribution is -2.51. The fourth-order valence-corrected chi connectivity index (χ4v) is 3.97. The summed E-state index contributed by atoms with van der Waals surface area (Å²) in [7, 11) is 0. The number of hydrogen-bond acceptors (Lipinski definition) is 6. The molecule has 0 bridgehead atoms. The lowest BCUT2D eigenvalue weighted by molar-refractivity contribution is 0.0675. The Kier molecular flexibility index (Phi) is 5.97. The Balaban J connectivity index is 1.35. The quantitative estimate of drug-likeness (QED) is 0.648. The highest BCUT2D eigenvalue weighted by Gasteiger charge is 2.23. The first-order chi connectivity index (χ1) is 14.1. The Hall–Kier alpha value is -2.64. The molecule has 1 unspecified atom stereocenters. The summed E-state index contributed by atoms with van der Waals surface area (Å²) in [5, 5.41) is 12.8. The molecular weight excluding hydrogens is 384 g/mol. The Morgan fingerprint density at radius 2 is 2.00 bits per heavy atom. The van der Waals surface area contributed by atoms with Crippen LogP contribution >= 0.6 is 11.8 Å². The average Bonchev–Trinajstić information content (AvgIpc) is 3.22. The molecular formula is C22H24N4O2S. The molecule has 1 aliphatic heterocycles. The van der Waals surface area contributed by atoms with Crippen molar-refractivity contribution in [3.05, 3.63) is 65.6 Å². The van der Waals surface area contributed by atoms with Crippen LogP contribution in [0.4, 0.5) is 0 Å². The van der Waals surface area contributed by atoms with Gasteiger partial charge in [0.1, 0.15) is 10.8 Å². The molecule has 0 saturated carbocycles. The van der Waals surface area contributed by atoms with Gasteiger partial charge in [-0.05, 0) is 38.1 Å². The van der Waals surface area contributed by atoms with Gasteiger partial charge in [0.15, 0.2) is 5.76 Å². The first-order valence-electron chi connectivity index (χ1n) is 9.73. The van der Waals surface area contributed by atoms with E-state index >= 15 is 0 Å². The summed E-state index contributed by atoms with van der Waals surface area (Å²) in [6, 6.07) is 16.1. The van der Waals surface area contributed by atoms with E-state index in [-0.39, 0.29) is 5.91 Å². The number of nitrogens with zero attached hydrogens (tertiary/aromatic N) is 3. The minimum atomic E-state index is -0.0446. The number of hydrogen-bond donors (Lipinski definition) is 1. The van der Waals surface area contributed by atoms with E-state index in [0.29, 0.717) is 30.6 Å². The maximum Gasteiger partial charge on any atom is 0.289 e. The molecule has 1 fully saturated rings. The van der Waals surface area contributed by atoms with Crippen molar-refractivity contribution in [2.24, 2.45) is 0 Å². The maximum absolute atomic E-state index is 12.6. The molecule has 1 aromatic carbocycles. The average molecular weight is 409 g/mol. The number of carbonyl (C=O) groups is 1. The molecule has 2 aromatic heterocycles. The molecule has 1 N–H and O–H groups in total. The van der Waals surface area contributed by atoms with E-state index in [4.69, 9.17) is 4.42 Å². The van der Waals surface area contributed by atoms with Crippen LogP contribution in [-0.2, 0) is 5.75 Å². The van der Waals surface area contributed by atoms with E-state index in [2.05, 4.69) is 41.5 Å². The van der Waals surface area contributed by atoms with Gasteiger partial charge in [-0.25, -0.2) is 0 Å². The van der Waals surface area contributed by atoms with E-state index in [1.54, 1.807) is 6.07 Å². The number of aromatic nitrogens is 2. The molecule has 0 radical (unpaired) electrons.